The topological polar surface area (TPSA) is 139 Å². The number of hydrogen-bond acceptors (Lipinski definition) is 8. The molecule has 1 saturated heterocycles. The molecule has 0 saturated carbocycles. The van der Waals surface area contributed by atoms with Gasteiger partial charge in [0, 0.05) is 78.9 Å². The molecule has 48 heavy (non-hydrogen) atoms. The van der Waals surface area contributed by atoms with Crippen molar-refractivity contribution < 1.29 is 18.8 Å². The van der Waals surface area contributed by atoms with E-state index in [9.17, 15) is 18.8 Å². The third kappa shape index (κ3) is 6.22. The van der Waals surface area contributed by atoms with Crippen LogP contribution >= 0.6 is 0 Å². The van der Waals surface area contributed by atoms with Crippen LogP contribution in [0, 0.1) is 5.82 Å². The maximum atomic E-state index is 13.7. The van der Waals surface area contributed by atoms with Gasteiger partial charge in [-0.1, -0.05) is 0 Å². The maximum absolute atomic E-state index is 13.7. The van der Waals surface area contributed by atoms with Crippen molar-refractivity contribution in [2.45, 2.75) is 12.0 Å². The second kappa shape index (κ2) is 13.0. The van der Waals surface area contributed by atoms with Crippen molar-refractivity contribution in [3.63, 3.8) is 0 Å². The van der Waals surface area contributed by atoms with Gasteiger partial charge in [-0.25, -0.2) is 14.4 Å². The first-order valence-electron chi connectivity index (χ1n) is 15.5. The van der Waals surface area contributed by atoms with Crippen molar-refractivity contribution in [1.82, 2.24) is 35.3 Å². The number of hydrogen-bond donors (Lipinski definition) is 3. The van der Waals surface area contributed by atoms with Crippen LogP contribution in [0.2, 0.25) is 0 Å². The molecule has 3 N–H and O–H groups in total. The second-order valence-corrected chi connectivity index (χ2v) is 11.8. The molecule has 4 heterocycles. The molecule has 12 nitrogen and oxygen atoms in total. The van der Waals surface area contributed by atoms with Gasteiger partial charge in [0.25, 0.3) is 5.91 Å². The number of fused-ring (bicyclic) bond motifs is 1. The number of carbonyl (C=O) groups excluding carboxylic acids is 3. The molecular formula is C35H32FN9O3. The largest absolute Gasteiger partial charge is 0.345 e. The molecule has 7 rings (SSSR count). The summed E-state index contributed by atoms with van der Waals surface area (Å²) in [7, 11) is 0. The van der Waals surface area contributed by atoms with E-state index in [4.69, 9.17) is 0 Å². The summed E-state index contributed by atoms with van der Waals surface area (Å²) in [6, 6.07) is 21.1. The van der Waals surface area contributed by atoms with Gasteiger partial charge in [0.1, 0.15) is 11.4 Å². The van der Waals surface area contributed by atoms with E-state index in [1.54, 1.807) is 59.9 Å². The maximum Gasteiger partial charge on any atom is 0.251 e. The van der Waals surface area contributed by atoms with Gasteiger partial charge in [-0.15, -0.1) is 0 Å². The number of amides is 3. The molecule has 2 aromatic heterocycles. The van der Waals surface area contributed by atoms with Crippen LogP contribution in [0.1, 0.15) is 6.42 Å². The first kappa shape index (κ1) is 30.7. The van der Waals surface area contributed by atoms with Gasteiger partial charge in [-0.2, -0.15) is 5.10 Å². The van der Waals surface area contributed by atoms with Gasteiger partial charge in [-0.3, -0.25) is 24.4 Å². The molecular weight excluding hydrogens is 613 g/mol. The average Bonchev–Trinajstić information content (AvgIpc) is 3.74. The average molecular weight is 646 g/mol. The molecule has 2 aliphatic rings. The van der Waals surface area contributed by atoms with Crippen LogP contribution in [0.4, 0.5) is 15.8 Å². The van der Waals surface area contributed by atoms with E-state index in [0.717, 1.165) is 27.7 Å². The Bertz CT molecular complexity index is 1980. The number of anilines is 2. The number of nitrogens with zero attached hydrogens (tertiary/aromatic N) is 6. The number of carbonyl (C=O) groups is 3. The summed E-state index contributed by atoms with van der Waals surface area (Å²) in [5.41, 5.74) is 3.33. The molecule has 5 aromatic rings. The molecule has 0 aliphatic carbocycles. The summed E-state index contributed by atoms with van der Waals surface area (Å²) in [4.78, 5) is 52.8. The molecule has 1 fully saturated rings. The van der Waals surface area contributed by atoms with Gasteiger partial charge in [0.05, 0.1) is 17.8 Å². The van der Waals surface area contributed by atoms with Crippen molar-refractivity contribution in [2.75, 3.05) is 42.9 Å². The lowest BCUT2D eigenvalue weighted by molar-refractivity contribution is -0.130. The van der Waals surface area contributed by atoms with Crippen LogP contribution in [0.25, 0.3) is 33.5 Å². The Kier molecular flexibility index (Phi) is 8.34. The van der Waals surface area contributed by atoms with E-state index < -0.39 is 5.54 Å². The lowest BCUT2D eigenvalue weighted by atomic mass is 9.97. The van der Waals surface area contributed by atoms with Crippen LogP contribution in [0.3, 0.4) is 0 Å². The molecule has 0 spiro atoms. The van der Waals surface area contributed by atoms with Crippen molar-refractivity contribution >= 4 is 40.5 Å². The predicted molar refractivity (Wildman–Crippen MR) is 179 cm³/mol. The molecule has 242 valence electrons. The highest BCUT2D eigenvalue weighted by Gasteiger charge is 2.45. The molecule has 3 amide bonds. The highest BCUT2D eigenvalue weighted by atomic mass is 19.1. The van der Waals surface area contributed by atoms with Gasteiger partial charge >= 0.3 is 0 Å². The minimum absolute atomic E-state index is 0.0940. The van der Waals surface area contributed by atoms with Gasteiger partial charge in [-0.05, 0) is 79.2 Å². The Balaban J connectivity index is 0.977. The van der Waals surface area contributed by atoms with Crippen molar-refractivity contribution in [1.29, 1.82) is 0 Å². The number of aromatic amines is 1. The lowest BCUT2D eigenvalue weighted by Gasteiger charge is -2.31. The van der Waals surface area contributed by atoms with Gasteiger partial charge in [0.15, 0.2) is 5.82 Å². The molecule has 3 aromatic carbocycles. The minimum Gasteiger partial charge on any atom is -0.345 e. The second-order valence-electron chi connectivity index (χ2n) is 11.8. The number of H-pyrrole nitrogens is 1. The summed E-state index contributed by atoms with van der Waals surface area (Å²) in [5, 5.41) is 13.8. The third-order valence-electron chi connectivity index (χ3n) is 8.77. The van der Waals surface area contributed by atoms with E-state index in [1.165, 1.54) is 12.1 Å². The first-order valence-corrected chi connectivity index (χ1v) is 15.5. The highest BCUT2D eigenvalue weighted by molar-refractivity contribution is 6.02. The normalized spacial score (nSPS) is 17.9. The fraction of sp³-hybridized carbons (Fsp3) is 0.200. The van der Waals surface area contributed by atoms with Crippen molar-refractivity contribution in [3.05, 3.63) is 103 Å². The molecule has 0 radical (unpaired) electrons. The Morgan fingerprint density at radius 3 is 2.44 bits per heavy atom. The van der Waals surface area contributed by atoms with Gasteiger partial charge in [0.2, 0.25) is 12.3 Å². The van der Waals surface area contributed by atoms with Crippen LogP contribution in [-0.2, 0) is 14.4 Å². The van der Waals surface area contributed by atoms with E-state index in [-0.39, 0.29) is 30.7 Å². The number of aromatic nitrogens is 4. The Morgan fingerprint density at radius 2 is 1.71 bits per heavy atom. The third-order valence-corrected chi connectivity index (χ3v) is 8.77. The zero-order valence-corrected chi connectivity index (χ0v) is 25.8. The van der Waals surface area contributed by atoms with Crippen LogP contribution in [-0.4, -0.2) is 86.5 Å². The van der Waals surface area contributed by atoms with Crippen LogP contribution in [0.15, 0.2) is 97.6 Å². The van der Waals surface area contributed by atoms with E-state index >= 15 is 0 Å². The monoisotopic (exact) mass is 645 g/mol. The fourth-order valence-corrected chi connectivity index (χ4v) is 6.16. The number of likely N-dealkylation sites (tertiary alicyclic amines) is 1. The fourth-order valence-electron chi connectivity index (χ4n) is 6.16. The minimum atomic E-state index is -1.21. The molecule has 0 bridgehead atoms. The Hall–Kier alpha value is -5.95. The van der Waals surface area contributed by atoms with Gasteiger partial charge < -0.3 is 20.4 Å². The zero-order chi connectivity index (χ0) is 33.1. The first-order chi connectivity index (χ1) is 23.4. The summed E-state index contributed by atoms with van der Waals surface area (Å²) in [5.74, 6) is -0.157. The summed E-state index contributed by atoms with van der Waals surface area (Å²) in [6.07, 6.45) is 7.93. The Morgan fingerprint density at radius 1 is 0.938 bits per heavy atom. The van der Waals surface area contributed by atoms with E-state index in [0.29, 0.717) is 49.7 Å². The SMILES string of the molecule is O=CNC1(C(=O)Nc2ccc3[nH]nc(-c4ccc(F)cc4)c3c2)CCN(CC(=O)N2C=CN(c3ccc(-c4ncccn4)cc3)CC2)C1. The molecule has 1 unspecified atom stereocenters. The number of halogens is 1. The van der Waals surface area contributed by atoms with Crippen LogP contribution in [0.5, 0.6) is 0 Å². The van der Waals surface area contributed by atoms with Crippen LogP contribution < -0.4 is 15.5 Å². The molecule has 1 atom stereocenters. The van der Waals surface area contributed by atoms with Crippen molar-refractivity contribution in [2.24, 2.45) is 0 Å². The summed E-state index contributed by atoms with van der Waals surface area (Å²) in [6.45, 7) is 1.86. The Labute approximate surface area is 275 Å². The van der Waals surface area contributed by atoms with Crippen molar-refractivity contribution in [3.8, 4) is 22.6 Å². The number of nitrogens with one attached hydrogen (secondary N) is 3. The molecule has 13 heteroatoms. The smallest absolute Gasteiger partial charge is 0.251 e. The quantitative estimate of drug-likeness (QED) is 0.206. The summed E-state index contributed by atoms with van der Waals surface area (Å²) < 4.78 is 13.5. The predicted octanol–water partition coefficient (Wildman–Crippen LogP) is 3.78. The standard InChI is InChI=1S/C35H32FN9O3/c36-26-6-2-24(3-7-26)32-29-20-27(8-11-30(29)41-42-32)40-34(48)35(39-23-46)12-15-43(22-35)21-31(47)45-18-16-44(17-19-45)28-9-4-25(5-10-28)33-37-13-1-14-38-33/h1-11,13-14,16,18,20,23H,12,15,17,19,21-22H2,(H,39,46)(H,40,48)(H,41,42). The van der Waals surface area contributed by atoms with E-state index in [1.807, 2.05) is 35.4 Å². The van der Waals surface area contributed by atoms with E-state index in [2.05, 4.69) is 35.7 Å². The highest BCUT2D eigenvalue weighted by Crippen LogP contribution is 2.30. The summed E-state index contributed by atoms with van der Waals surface area (Å²) >= 11 is 0. The zero-order valence-electron chi connectivity index (χ0n) is 25.8. The number of benzene rings is 3. The molecule has 2 aliphatic heterocycles. The lowest BCUT2D eigenvalue weighted by Crippen LogP contribution is -2.56. The number of rotatable bonds is 9.